The van der Waals surface area contributed by atoms with Crippen molar-refractivity contribution in [3.05, 3.63) is 48.3 Å². The molecule has 0 saturated carbocycles. The van der Waals surface area contributed by atoms with E-state index in [0.717, 1.165) is 12.0 Å². The highest BCUT2D eigenvalue weighted by Crippen LogP contribution is 2.33. The van der Waals surface area contributed by atoms with Gasteiger partial charge in [-0.05, 0) is 24.5 Å². The third-order valence-corrected chi connectivity index (χ3v) is 5.16. The van der Waals surface area contributed by atoms with Crippen LogP contribution in [-0.2, 0) is 16.2 Å². The largest absolute Gasteiger partial charge is 0.494 e. The van der Waals surface area contributed by atoms with E-state index >= 15 is 0 Å². The Morgan fingerprint density at radius 3 is 2.87 bits per heavy atom. The number of hydrogen-bond acceptors (Lipinski definition) is 8. The van der Waals surface area contributed by atoms with E-state index in [0.29, 0.717) is 43.9 Å². The average Bonchev–Trinajstić information content (AvgIpc) is 3.20. The van der Waals surface area contributed by atoms with Crippen LogP contribution in [0, 0.1) is 0 Å². The van der Waals surface area contributed by atoms with Gasteiger partial charge in [0, 0.05) is 31.9 Å². The van der Waals surface area contributed by atoms with Gasteiger partial charge in [-0.3, -0.25) is 14.6 Å². The summed E-state index contributed by atoms with van der Waals surface area (Å²) in [6, 6.07) is 3.69. The summed E-state index contributed by atoms with van der Waals surface area (Å²) in [6.45, 7) is 1.25. The number of aromatic nitrogens is 3. The average molecular weight is 410 g/mol. The molecule has 2 aliphatic rings. The maximum atomic E-state index is 12.8. The molecule has 1 spiro atoms. The lowest BCUT2D eigenvalue weighted by molar-refractivity contribution is -0.115. The number of hydrogen-bond donors (Lipinski definition) is 1. The van der Waals surface area contributed by atoms with E-state index in [4.69, 9.17) is 9.57 Å². The smallest absolute Gasteiger partial charge is 0.291 e. The summed E-state index contributed by atoms with van der Waals surface area (Å²) in [4.78, 5) is 44.8. The van der Waals surface area contributed by atoms with Gasteiger partial charge in [-0.2, -0.15) is 0 Å². The van der Waals surface area contributed by atoms with Crippen LogP contribution in [0.5, 0.6) is 5.75 Å². The number of pyridine rings is 1. The molecule has 30 heavy (non-hydrogen) atoms. The van der Waals surface area contributed by atoms with Crippen molar-refractivity contribution in [3.63, 3.8) is 0 Å². The van der Waals surface area contributed by atoms with Crippen LogP contribution in [0.25, 0.3) is 0 Å². The molecule has 2 aromatic rings. The lowest BCUT2D eigenvalue weighted by atomic mass is 9.88. The zero-order valence-corrected chi connectivity index (χ0v) is 16.6. The highest BCUT2D eigenvalue weighted by atomic mass is 16.7. The highest BCUT2D eigenvalue weighted by molar-refractivity contribution is 6.39. The lowest BCUT2D eigenvalue weighted by Gasteiger charge is -2.37. The van der Waals surface area contributed by atoms with E-state index in [2.05, 4.69) is 25.4 Å². The lowest BCUT2D eigenvalue weighted by Crippen LogP contribution is -2.51. The topological polar surface area (TPSA) is 119 Å². The maximum absolute atomic E-state index is 12.8. The number of nitrogens with zero attached hydrogens (tertiary/aromatic N) is 5. The number of piperidine rings is 1. The van der Waals surface area contributed by atoms with E-state index in [1.54, 1.807) is 17.3 Å². The number of carbonyl (C=O) groups is 2. The van der Waals surface area contributed by atoms with Crippen molar-refractivity contribution in [3.8, 4) is 5.75 Å². The second-order valence-corrected chi connectivity index (χ2v) is 7.31. The highest BCUT2D eigenvalue weighted by Gasteiger charge is 2.46. The predicted molar refractivity (Wildman–Crippen MR) is 106 cm³/mol. The molecule has 1 unspecified atom stereocenters. The van der Waals surface area contributed by atoms with Crippen LogP contribution >= 0.6 is 0 Å². The fraction of sp³-hybridized carbons (Fsp3) is 0.400. The third-order valence-electron chi connectivity index (χ3n) is 5.16. The molecule has 4 rings (SSSR count). The maximum Gasteiger partial charge on any atom is 0.291 e. The van der Waals surface area contributed by atoms with Crippen LogP contribution in [0.3, 0.4) is 0 Å². The molecule has 2 amide bonds. The van der Waals surface area contributed by atoms with Gasteiger partial charge in [-0.25, -0.2) is 9.97 Å². The minimum atomic E-state index is -0.693. The number of rotatable bonds is 5. The van der Waals surface area contributed by atoms with Crippen molar-refractivity contribution < 1.29 is 19.2 Å². The Bertz CT molecular complexity index is 950. The zero-order valence-electron chi connectivity index (χ0n) is 16.6. The van der Waals surface area contributed by atoms with Crippen LogP contribution in [-0.4, -0.2) is 63.2 Å². The van der Waals surface area contributed by atoms with Crippen molar-refractivity contribution >= 4 is 17.5 Å². The second-order valence-electron chi connectivity index (χ2n) is 7.31. The monoisotopic (exact) mass is 410 g/mol. The molecule has 156 valence electrons. The molecule has 1 N–H and O–H groups in total. The summed E-state index contributed by atoms with van der Waals surface area (Å²) in [5.74, 6) is 0.0183. The van der Waals surface area contributed by atoms with Crippen LogP contribution in [0.15, 0.2) is 42.1 Å². The Hall–Kier alpha value is -3.56. The van der Waals surface area contributed by atoms with Gasteiger partial charge in [0.2, 0.25) is 5.82 Å². The number of nitrogens with one attached hydrogen (secondary N) is 1. The van der Waals surface area contributed by atoms with Crippen molar-refractivity contribution in [1.29, 1.82) is 0 Å². The molecular weight excluding hydrogens is 388 g/mol. The van der Waals surface area contributed by atoms with E-state index in [1.807, 2.05) is 12.1 Å². The van der Waals surface area contributed by atoms with E-state index in [1.165, 1.54) is 19.5 Å². The standard InChI is InChI=1S/C20H22N6O4/c1-29-15-11-22-17(23-12-15)19(28)26-7-3-5-20(13-26)8-16(25-30-20)18(27)24-10-14-4-2-6-21-9-14/h2,4,6,9,11-12H,3,5,7-8,10,13H2,1H3,(H,24,27). The Morgan fingerprint density at radius 2 is 2.13 bits per heavy atom. The summed E-state index contributed by atoms with van der Waals surface area (Å²) in [7, 11) is 1.51. The Balaban J connectivity index is 1.36. The van der Waals surface area contributed by atoms with Gasteiger partial charge in [0.15, 0.2) is 11.4 Å². The molecule has 1 atom stereocenters. The Morgan fingerprint density at radius 1 is 1.30 bits per heavy atom. The fourth-order valence-corrected chi connectivity index (χ4v) is 3.59. The Labute approximate surface area is 173 Å². The zero-order chi connectivity index (χ0) is 21.0. The van der Waals surface area contributed by atoms with E-state index in [-0.39, 0.29) is 17.6 Å². The third kappa shape index (κ3) is 4.22. The molecule has 4 heterocycles. The minimum absolute atomic E-state index is 0.0983. The Kier molecular flexibility index (Phi) is 5.55. The van der Waals surface area contributed by atoms with Gasteiger partial charge in [-0.1, -0.05) is 11.2 Å². The van der Waals surface area contributed by atoms with Crippen molar-refractivity contribution in [2.75, 3.05) is 20.2 Å². The van der Waals surface area contributed by atoms with Gasteiger partial charge >= 0.3 is 0 Å². The number of methoxy groups -OCH3 is 1. The van der Waals surface area contributed by atoms with Gasteiger partial charge in [0.25, 0.3) is 11.8 Å². The van der Waals surface area contributed by atoms with Gasteiger partial charge < -0.3 is 19.8 Å². The molecule has 10 nitrogen and oxygen atoms in total. The molecule has 2 aromatic heterocycles. The first-order valence-corrected chi connectivity index (χ1v) is 9.66. The molecule has 0 aromatic carbocycles. The quantitative estimate of drug-likeness (QED) is 0.779. The first-order chi connectivity index (χ1) is 14.6. The van der Waals surface area contributed by atoms with Crippen molar-refractivity contribution in [1.82, 2.24) is 25.2 Å². The molecule has 0 aliphatic carbocycles. The van der Waals surface area contributed by atoms with Crippen LogP contribution < -0.4 is 10.1 Å². The summed E-state index contributed by atoms with van der Waals surface area (Å²) >= 11 is 0. The van der Waals surface area contributed by atoms with Crippen molar-refractivity contribution in [2.45, 2.75) is 31.4 Å². The van der Waals surface area contributed by atoms with Crippen molar-refractivity contribution in [2.24, 2.45) is 5.16 Å². The summed E-state index contributed by atoms with van der Waals surface area (Å²) in [5.41, 5.74) is 0.532. The van der Waals surface area contributed by atoms with Crippen LogP contribution in [0.1, 0.15) is 35.4 Å². The normalized spacial score (nSPS) is 20.4. The van der Waals surface area contributed by atoms with E-state index < -0.39 is 5.60 Å². The second kappa shape index (κ2) is 8.44. The number of carbonyl (C=O) groups excluding carboxylic acids is 2. The number of ether oxygens (including phenoxy) is 1. The van der Waals surface area contributed by atoms with E-state index in [9.17, 15) is 9.59 Å². The van der Waals surface area contributed by atoms with Gasteiger partial charge in [0.1, 0.15) is 5.71 Å². The number of oxime groups is 1. The predicted octanol–water partition coefficient (Wildman–Crippen LogP) is 0.948. The van der Waals surface area contributed by atoms with Gasteiger partial charge in [0.05, 0.1) is 26.0 Å². The SMILES string of the molecule is COc1cnc(C(=O)N2CCCC3(CC(C(=O)NCc4cccnc4)=NO3)C2)nc1. The summed E-state index contributed by atoms with van der Waals surface area (Å²) in [6.07, 6.45) is 8.08. The molecule has 0 radical (unpaired) electrons. The first-order valence-electron chi connectivity index (χ1n) is 9.66. The number of likely N-dealkylation sites (tertiary alicyclic amines) is 1. The summed E-state index contributed by atoms with van der Waals surface area (Å²) < 4.78 is 5.03. The number of amides is 2. The van der Waals surface area contributed by atoms with Gasteiger partial charge in [-0.15, -0.1) is 0 Å². The fourth-order valence-electron chi connectivity index (χ4n) is 3.59. The van der Waals surface area contributed by atoms with Crippen LogP contribution in [0.4, 0.5) is 0 Å². The molecule has 1 saturated heterocycles. The van der Waals surface area contributed by atoms with Crippen LogP contribution in [0.2, 0.25) is 0 Å². The minimum Gasteiger partial charge on any atom is -0.494 e. The molecule has 2 aliphatic heterocycles. The molecule has 1 fully saturated rings. The molecule has 0 bridgehead atoms. The first kappa shape index (κ1) is 19.7. The summed E-state index contributed by atoms with van der Waals surface area (Å²) in [5, 5.41) is 6.85. The molecular formula is C20H22N6O4. The molecule has 10 heteroatoms.